The Hall–Kier alpha value is -9.02. The molecule has 0 unspecified atom stereocenters. The summed E-state index contributed by atoms with van der Waals surface area (Å²) in [6, 6.07) is 40.4. The lowest BCUT2D eigenvalue weighted by molar-refractivity contribution is -0.384. The molecule has 0 atom stereocenters. The van der Waals surface area contributed by atoms with Gasteiger partial charge < -0.3 is 39.3 Å². The van der Waals surface area contributed by atoms with E-state index in [0.29, 0.717) is 84.1 Å². The normalized spacial score (nSPS) is 17.9. The van der Waals surface area contributed by atoms with Gasteiger partial charge in [0, 0.05) is 154 Å². The fraction of sp³-hybridized carbons (Fsp3) is 0.354. The number of imide groups is 1. The number of hydrogen-bond acceptors (Lipinski definition) is 15. The Morgan fingerprint density at radius 3 is 1.72 bits per heavy atom. The van der Waals surface area contributed by atoms with Gasteiger partial charge in [-0.25, -0.2) is 13.4 Å². The molecule has 0 spiro atoms. The number of nitrogens with one attached hydrogen (secondary N) is 3. The number of aromatic amines is 2. The number of aromatic nitrogens is 3. The van der Waals surface area contributed by atoms with Crippen molar-refractivity contribution in [3.8, 4) is 23.0 Å². The molecule has 14 rings (SSSR count). The van der Waals surface area contributed by atoms with Crippen LogP contribution >= 0.6 is 23.2 Å². The summed E-state index contributed by atoms with van der Waals surface area (Å²) in [6.45, 7) is 17.8. The molecular weight excluding hydrogens is 1340 g/mol. The minimum atomic E-state index is -5.38. The second-order valence-corrected chi connectivity index (χ2v) is 31.7. The molecule has 3 fully saturated rings. The van der Waals surface area contributed by atoms with E-state index in [1.54, 1.807) is 54.9 Å². The van der Waals surface area contributed by atoms with Crippen LogP contribution in [0.5, 0.6) is 23.0 Å². The van der Waals surface area contributed by atoms with E-state index in [9.17, 15) is 10.1 Å². The van der Waals surface area contributed by atoms with Crippen molar-refractivity contribution in [2.45, 2.75) is 84.0 Å². The molecule has 0 saturated carbocycles. The summed E-state index contributed by atoms with van der Waals surface area (Å²) in [5.74, 6) is -1.91. The van der Waals surface area contributed by atoms with Crippen molar-refractivity contribution < 1.29 is 37.1 Å². The van der Waals surface area contributed by atoms with Crippen LogP contribution in [0, 0.1) is 26.9 Å². The number of carbonyl (C=O) groups is 2. The Bertz CT molecular complexity index is 4530. The predicted octanol–water partition coefficient (Wildman–Crippen LogP) is 16.9. The Balaban J connectivity index is 0.816. The Morgan fingerprint density at radius 2 is 1.17 bits per heavy atom. The van der Waals surface area contributed by atoms with E-state index in [0.717, 1.165) is 108 Å². The molecule has 6 heterocycles. The highest BCUT2D eigenvalue weighted by atomic mass is 35.5. The third kappa shape index (κ3) is 15.6. The van der Waals surface area contributed by atoms with Crippen molar-refractivity contribution >= 4 is 101 Å². The fourth-order valence-corrected chi connectivity index (χ4v) is 16.5. The summed E-state index contributed by atoms with van der Waals surface area (Å²) in [7, 11) is -5.38. The number of nitro benzene ring substituents is 1. The molecule has 5 aliphatic rings. The summed E-state index contributed by atoms with van der Waals surface area (Å²) < 4.78 is 51.2. The number of benzene rings is 6. The molecule has 524 valence electrons. The van der Waals surface area contributed by atoms with Crippen molar-refractivity contribution in [2.24, 2.45) is 16.7 Å². The van der Waals surface area contributed by atoms with Crippen LogP contribution in [0.15, 0.2) is 174 Å². The number of amides is 2. The van der Waals surface area contributed by atoms with Crippen molar-refractivity contribution in [3.05, 3.63) is 212 Å². The number of rotatable bonds is 20. The number of allylic oxidation sites excluding steroid dienone is 2. The highest BCUT2D eigenvalue weighted by Gasteiger charge is 2.42. The number of carbonyl (C=O) groups excluding carboxylic acids is 2. The average Bonchev–Trinajstić information content (AvgIpc) is 1.20. The molecule has 3 N–H and O–H groups in total. The second-order valence-electron chi connectivity index (χ2n) is 29.0. The van der Waals surface area contributed by atoms with Gasteiger partial charge in [-0.2, -0.15) is 4.31 Å². The number of ether oxygens (including phenoxy) is 3. The van der Waals surface area contributed by atoms with Crippen LogP contribution in [-0.2, 0) is 14.8 Å². The number of hydrogen-bond donors (Lipinski definition) is 3. The lowest BCUT2D eigenvalue weighted by Crippen LogP contribution is -2.47. The maximum atomic E-state index is 16.2. The lowest BCUT2D eigenvalue weighted by atomic mass is 9.72. The van der Waals surface area contributed by atoms with Crippen LogP contribution in [0.1, 0.15) is 111 Å². The van der Waals surface area contributed by atoms with E-state index >= 15 is 18.0 Å². The first-order valence-electron chi connectivity index (χ1n) is 34.9. The van der Waals surface area contributed by atoms with Gasteiger partial charge in [0.15, 0.2) is 0 Å². The zero-order chi connectivity index (χ0) is 70.2. The molecule has 101 heavy (non-hydrogen) atoms. The van der Waals surface area contributed by atoms with Crippen LogP contribution in [-0.4, -0.2) is 139 Å². The summed E-state index contributed by atoms with van der Waals surface area (Å²) in [5, 5.41) is 19.2. The van der Waals surface area contributed by atoms with Crippen molar-refractivity contribution in [1.82, 2.24) is 29.1 Å². The smallest absolute Gasteiger partial charge is 0.293 e. The minimum Gasteiger partial charge on any atom is -0.456 e. The lowest BCUT2D eigenvalue weighted by Gasteiger charge is -2.39. The number of nitrogens with zero attached hydrogens (tertiary/aromatic N) is 7. The highest BCUT2D eigenvalue weighted by Crippen LogP contribution is 2.46. The van der Waals surface area contributed by atoms with Crippen LogP contribution in [0.4, 0.5) is 22.7 Å². The number of nitro groups is 1. The predicted molar refractivity (Wildman–Crippen MR) is 400 cm³/mol. The molecular formula is C79H84Cl2N10O9S. The molecule has 2 amide bonds. The van der Waals surface area contributed by atoms with Crippen molar-refractivity contribution in [1.29, 1.82) is 0 Å². The van der Waals surface area contributed by atoms with Crippen molar-refractivity contribution in [2.75, 3.05) is 100 Å². The topological polar surface area (TPSA) is 212 Å². The molecule has 0 radical (unpaired) electrons. The number of halogens is 2. The monoisotopic (exact) mass is 1420 g/mol. The summed E-state index contributed by atoms with van der Waals surface area (Å²) in [5.41, 5.74) is 10.1. The molecule has 6 aromatic carbocycles. The van der Waals surface area contributed by atoms with Gasteiger partial charge in [0.2, 0.25) is 0 Å². The SMILES string of the molecule is CC1(C)CCC(CN2CCN(c3ccc(C(=O)N(C(=O)c4ccc(N5CCN(CC6=C(c7ccc(Cl)cc7)CC(C)(C)CC6)CC5)cc4Oc4cnc5[nH]ccc5c4)S(=O)(=O)c4ccc(NCC5CCOCC5)c([N+](=O)[O-])c4)c(Oc4ccc5[nH]ccc5c4)c3)CC2)=C(c2ccc(Cl)cc2)C1. The molecule has 2 aliphatic carbocycles. The van der Waals surface area contributed by atoms with E-state index in [1.807, 2.05) is 42.5 Å². The molecule has 3 saturated heterocycles. The zero-order valence-corrected chi connectivity index (χ0v) is 59.7. The third-order valence-corrected chi connectivity index (χ3v) is 23.0. The summed E-state index contributed by atoms with van der Waals surface area (Å²) >= 11 is 12.7. The van der Waals surface area contributed by atoms with Crippen LogP contribution in [0.25, 0.3) is 33.1 Å². The number of fused-ring (bicyclic) bond motifs is 2. The van der Waals surface area contributed by atoms with Gasteiger partial charge in [-0.1, -0.05) is 86.3 Å². The fourth-order valence-electron chi connectivity index (χ4n) is 14.9. The second kappa shape index (κ2) is 29.1. The van der Waals surface area contributed by atoms with Gasteiger partial charge in [0.05, 0.1) is 27.1 Å². The van der Waals surface area contributed by atoms with Crippen LogP contribution < -0.4 is 24.6 Å². The molecule has 3 aliphatic heterocycles. The average molecular weight is 1420 g/mol. The molecule has 19 nitrogen and oxygen atoms in total. The van der Waals surface area contributed by atoms with Gasteiger partial charge in [0.1, 0.15) is 34.3 Å². The van der Waals surface area contributed by atoms with E-state index < -0.39 is 37.3 Å². The molecule has 0 bridgehead atoms. The summed E-state index contributed by atoms with van der Waals surface area (Å²) in [6.07, 6.45) is 12.6. The minimum absolute atomic E-state index is 0.0271. The van der Waals surface area contributed by atoms with Gasteiger partial charge in [0.25, 0.3) is 27.5 Å². The molecule has 22 heteroatoms. The Labute approximate surface area is 599 Å². The van der Waals surface area contributed by atoms with Gasteiger partial charge in [-0.05, 0) is 187 Å². The maximum Gasteiger partial charge on any atom is 0.293 e. The maximum absolute atomic E-state index is 16.2. The van der Waals surface area contributed by atoms with E-state index in [1.165, 1.54) is 63.9 Å². The first kappa shape index (κ1) is 69.1. The van der Waals surface area contributed by atoms with Gasteiger partial charge >= 0.3 is 0 Å². The van der Waals surface area contributed by atoms with Gasteiger partial charge in [-0.3, -0.25) is 29.5 Å². The van der Waals surface area contributed by atoms with E-state index in [2.05, 4.69) is 91.8 Å². The summed E-state index contributed by atoms with van der Waals surface area (Å²) in [4.78, 5) is 64.4. The first-order valence-corrected chi connectivity index (χ1v) is 37.1. The number of piperazine rings is 2. The van der Waals surface area contributed by atoms with Gasteiger partial charge in [-0.15, -0.1) is 0 Å². The number of pyridine rings is 1. The third-order valence-electron chi connectivity index (χ3n) is 20.8. The zero-order valence-electron chi connectivity index (χ0n) is 57.4. The standard InChI is InChI=1S/C79H84Cl2N10O9S/c1-78(2)27-21-57(68(46-78)53-5-9-59(80)10-6-53)50-86-31-35-88(36-32-86)61-13-17-66(73(43-61)99-63-15-19-70-55(41-63)23-29-82-70)76(92)90(101(96,97)65-16-20-71(72(45-65)91(94)95)84-48-52-25-39-98-40-26-52)77(93)67-18-14-62(44-74(67)100-64-42-56-24-30-83-75(56)85-49-64)89-37-33-87(34-38-89)51-58-22-28-79(3,4)47-69(58)54-7-11-60(81)12-8-54/h5-20,23-24,29-30,41-45,49,52,82,84H,21-22,25-28,31-40,46-48,50-51H2,1-4H3,(H,83,85). The highest BCUT2D eigenvalue weighted by molar-refractivity contribution is 7.90. The van der Waals surface area contributed by atoms with E-state index in [4.69, 9.17) is 37.4 Å². The largest absolute Gasteiger partial charge is 0.456 e. The Kier molecular flexibility index (Phi) is 19.9. The van der Waals surface area contributed by atoms with Crippen molar-refractivity contribution in [3.63, 3.8) is 0 Å². The first-order chi connectivity index (χ1) is 48.7. The number of sulfonamides is 1. The quantitative estimate of drug-likeness (QED) is 0.0368. The Morgan fingerprint density at radius 1 is 0.644 bits per heavy atom. The molecule has 3 aromatic heterocycles. The van der Waals surface area contributed by atoms with E-state index in [-0.39, 0.29) is 55.1 Å². The molecule has 9 aromatic rings. The van der Waals surface area contributed by atoms with Crippen LogP contribution in [0.2, 0.25) is 10.0 Å². The number of H-pyrrole nitrogens is 2. The number of anilines is 3. The van der Waals surface area contributed by atoms with Crippen LogP contribution in [0.3, 0.4) is 0 Å².